The number of alkyl halides is 2. The highest BCUT2D eigenvalue weighted by Crippen LogP contribution is 2.30. The molecule has 2 rings (SSSR count). The lowest BCUT2D eigenvalue weighted by atomic mass is 10.4. The van der Waals surface area contributed by atoms with Crippen molar-refractivity contribution in [3.05, 3.63) is 32.6 Å². The molecule has 0 radical (unpaired) electrons. The van der Waals surface area contributed by atoms with Crippen LogP contribution in [-0.4, -0.2) is 46.1 Å². The van der Waals surface area contributed by atoms with Crippen molar-refractivity contribution < 1.29 is 26.7 Å². The molecule has 2 heterocycles. The number of hydrogen-bond acceptors (Lipinski definition) is 7. The second kappa shape index (κ2) is 10.5. The molecule has 0 saturated carbocycles. The molecular weight excluding hydrogens is 518 g/mol. The fourth-order valence-corrected chi connectivity index (χ4v) is 5.21. The Balaban J connectivity index is 2.08. The number of pyridine rings is 1. The van der Waals surface area contributed by atoms with Crippen LogP contribution in [0.15, 0.2) is 26.9 Å². The van der Waals surface area contributed by atoms with Crippen LogP contribution in [0.25, 0.3) is 0 Å². The quantitative estimate of drug-likeness (QED) is 0.451. The highest BCUT2D eigenvalue weighted by Gasteiger charge is 2.22. The fourth-order valence-electron chi connectivity index (χ4n) is 2.03. The maximum absolute atomic E-state index is 12.4. The third kappa shape index (κ3) is 7.33. The van der Waals surface area contributed by atoms with Gasteiger partial charge in [0.05, 0.1) is 18.2 Å². The van der Waals surface area contributed by atoms with E-state index in [2.05, 4.69) is 31.5 Å². The molecule has 8 nitrogen and oxygen atoms in total. The van der Waals surface area contributed by atoms with Crippen molar-refractivity contribution >= 4 is 66.6 Å². The number of urea groups is 1. The lowest BCUT2D eigenvalue weighted by Gasteiger charge is -2.10. The normalized spacial score (nSPS) is 11.5. The Kier molecular flexibility index (Phi) is 8.58. The van der Waals surface area contributed by atoms with Crippen molar-refractivity contribution in [2.75, 3.05) is 30.9 Å². The molecule has 2 aromatic heterocycles. The Labute approximate surface area is 183 Å². The zero-order valence-electron chi connectivity index (χ0n) is 14.8. The van der Waals surface area contributed by atoms with Crippen molar-refractivity contribution in [2.45, 2.75) is 17.1 Å². The number of aromatic nitrogens is 1. The van der Waals surface area contributed by atoms with Gasteiger partial charge in [-0.3, -0.25) is 5.32 Å². The topological polar surface area (TPSA) is 109 Å². The molecule has 0 aliphatic carbocycles. The van der Waals surface area contributed by atoms with E-state index in [0.717, 1.165) is 11.3 Å². The van der Waals surface area contributed by atoms with E-state index in [4.69, 9.17) is 16.3 Å². The number of anilines is 2. The number of carbonyl (C=O) groups is 1. The molecule has 2 aromatic rings. The van der Waals surface area contributed by atoms with E-state index in [0.29, 0.717) is 22.4 Å². The first kappa shape index (κ1) is 23.7. The molecule has 0 bridgehead atoms. The molecule has 2 amide bonds. The number of amides is 2. The smallest absolute Gasteiger partial charge is 0.334 e. The summed E-state index contributed by atoms with van der Waals surface area (Å²) in [6.07, 6.45) is -2.16. The average molecular weight is 534 g/mol. The number of sulfonamides is 1. The van der Waals surface area contributed by atoms with Crippen molar-refractivity contribution in [3.63, 3.8) is 0 Å². The van der Waals surface area contributed by atoms with E-state index < -0.39 is 29.0 Å². The highest BCUT2D eigenvalue weighted by atomic mass is 79.9. The van der Waals surface area contributed by atoms with Gasteiger partial charge in [0, 0.05) is 22.9 Å². The zero-order chi connectivity index (χ0) is 21.6. The summed E-state index contributed by atoms with van der Waals surface area (Å²) in [5.74, 6) is 0.0273. The molecule has 0 unspecified atom stereocenters. The van der Waals surface area contributed by atoms with Crippen molar-refractivity contribution in [3.8, 4) is 0 Å². The molecule has 0 aliphatic rings. The van der Waals surface area contributed by atoms with Gasteiger partial charge in [-0.15, -0.1) is 11.3 Å². The number of methoxy groups -OCH3 is 1. The Hall–Kier alpha value is -1.54. The Morgan fingerprint density at radius 2 is 2.03 bits per heavy atom. The van der Waals surface area contributed by atoms with Gasteiger partial charge in [-0.25, -0.2) is 31.7 Å². The summed E-state index contributed by atoms with van der Waals surface area (Å²) in [5, 5.41) is 4.90. The third-order valence-electron chi connectivity index (χ3n) is 3.23. The average Bonchev–Trinajstić information content (AvgIpc) is 2.99. The standard InChI is InChI=1S/C15H16BrClF2N4O4S2/c1-27-3-2-10-9(17)6-14(28-10)29(25,26)23-15(24)22-13-5-8(16)4-12(21-13)20-7-11(18)19/h4-6,11H,2-3,7H2,1H3,(H3,20,21,22,23,24). The summed E-state index contributed by atoms with van der Waals surface area (Å²) in [6.45, 7) is -0.266. The maximum Gasteiger partial charge on any atom is 0.334 e. The largest absolute Gasteiger partial charge is 0.384 e. The van der Waals surface area contributed by atoms with Crippen molar-refractivity contribution in [1.82, 2.24) is 9.71 Å². The minimum atomic E-state index is -4.17. The van der Waals surface area contributed by atoms with Gasteiger partial charge >= 0.3 is 6.03 Å². The number of rotatable bonds is 9. The van der Waals surface area contributed by atoms with Crippen LogP contribution in [0.2, 0.25) is 5.02 Å². The van der Waals surface area contributed by atoms with Crippen LogP contribution in [0.5, 0.6) is 0 Å². The number of nitrogens with zero attached hydrogens (tertiary/aromatic N) is 1. The van der Waals surface area contributed by atoms with Gasteiger partial charge in [0.2, 0.25) is 0 Å². The minimum absolute atomic E-state index is 0.0474. The number of nitrogens with one attached hydrogen (secondary N) is 3. The van der Waals surface area contributed by atoms with E-state index in [1.54, 1.807) is 0 Å². The molecule has 0 saturated heterocycles. The number of thiophene rings is 1. The Morgan fingerprint density at radius 1 is 1.34 bits per heavy atom. The predicted octanol–water partition coefficient (Wildman–Crippen LogP) is 3.94. The van der Waals surface area contributed by atoms with E-state index in [1.807, 2.05) is 4.72 Å². The van der Waals surface area contributed by atoms with Crippen LogP contribution >= 0.6 is 38.9 Å². The zero-order valence-corrected chi connectivity index (χ0v) is 18.8. The van der Waals surface area contributed by atoms with Gasteiger partial charge < -0.3 is 10.1 Å². The Bertz CT molecular complexity index is 975. The fraction of sp³-hybridized carbons (Fsp3) is 0.333. The molecule has 0 aliphatic heterocycles. The van der Waals surface area contributed by atoms with E-state index in [9.17, 15) is 22.0 Å². The van der Waals surface area contributed by atoms with Crippen LogP contribution in [-0.2, 0) is 21.2 Å². The maximum atomic E-state index is 12.4. The van der Waals surface area contributed by atoms with Gasteiger partial charge in [0.15, 0.2) is 0 Å². The number of halogens is 4. The van der Waals surface area contributed by atoms with Crippen LogP contribution < -0.4 is 15.4 Å². The summed E-state index contributed by atoms with van der Waals surface area (Å²) in [5.41, 5.74) is 0. The Morgan fingerprint density at radius 3 is 2.69 bits per heavy atom. The molecule has 3 N–H and O–H groups in total. The molecule has 14 heteroatoms. The van der Waals surface area contributed by atoms with Crippen molar-refractivity contribution in [2.24, 2.45) is 0 Å². The third-order valence-corrected chi connectivity index (χ3v) is 7.14. The lowest BCUT2D eigenvalue weighted by molar-refractivity contribution is 0.163. The summed E-state index contributed by atoms with van der Waals surface area (Å²) >= 11 is 10.1. The van der Waals surface area contributed by atoms with Gasteiger partial charge in [-0.2, -0.15) is 0 Å². The summed E-state index contributed by atoms with van der Waals surface area (Å²) in [7, 11) is -2.66. The van der Waals surface area contributed by atoms with Gasteiger partial charge in [0.1, 0.15) is 15.8 Å². The summed E-state index contributed by atoms with van der Waals surface area (Å²) < 4.78 is 56.5. The summed E-state index contributed by atoms with van der Waals surface area (Å²) in [6, 6.07) is 2.98. The monoisotopic (exact) mass is 532 g/mol. The van der Waals surface area contributed by atoms with Crippen LogP contribution in [0.4, 0.5) is 25.2 Å². The van der Waals surface area contributed by atoms with E-state index in [1.165, 1.54) is 25.3 Å². The minimum Gasteiger partial charge on any atom is -0.384 e. The first-order valence-electron chi connectivity index (χ1n) is 7.91. The van der Waals surface area contributed by atoms with E-state index >= 15 is 0 Å². The second-order valence-corrected chi connectivity index (χ2v) is 9.84. The predicted molar refractivity (Wildman–Crippen MR) is 111 cm³/mol. The molecule has 29 heavy (non-hydrogen) atoms. The molecular formula is C15H16BrClF2N4O4S2. The van der Waals surface area contributed by atoms with Gasteiger partial charge in [0.25, 0.3) is 16.4 Å². The van der Waals surface area contributed by atoms with Crippen molar-refractivity contribution in [1.29, 1.82) is 0 Å². The first-order valence-corrected chi connectivity index (χ1v) is 11.4. The number of ether oxygens (including phenoxy) is 1. The molecule has 0 aromatic carbocycles. The molecule has 0 spiro atoms. The molecule has 160 valence electrons. The molecule has 0 atom stereocenters. The van der Waals surface area contributed by atoms with Crippen LogP contribution in [0.1, 0.15) is 4.88 Å². The van der Waals surface area contributed by atoms with E-state index in [-0.39, 0.29) is 20.9 Å². The summed E-state index contributed by atoms with van der Waals surface area (Å²) in [4.78, 5) is 16.6. The SMILES string of the molecule is COCCc1sc(S(=O)(=O)NC(=O)Nc2cc(Br)cc(NCC(F)F)n2)cc1Cl. The number of carbonyl (C=O) groups excluding carboxylic acids is 1. The van der Waals surface area contributed by atoms with Crippen LogP contribution in [0, 0.1) is 0 Å². The molecule has 0 fully saturated rings. The number of hydrogen-bond donors (Lipinski definition) is 3. The lowest BCUT2D eigenvalue weighted by Crippen LogP contribution is -2.34. The van der Waals surface area contributed by atoms with Gasteiger partial charge in [-0.1, -0.05) is 27.5 Å². The first-order chi connectivity index (χ1) is 13.6. The van der Waals surface area contributed by atoms with Gasteiger partial charge in [-0.05, 0) is 18.2 Å². The highest BCUT2D eigenvalue weighted by molar-refractivity contribution is 9.10. The van der Waals surface area contributed by atoms with Crippen LogP contribution in [0.3, 0.4) is 0 Å². The second-order valence-electron chi connectivity index (χ2n) is 5.47.